The number of alkyl carbamates (subject to hydrolysis) is 1. The molecule has 1 aromatic carbocycles. The highest BCUT2D eigenvalue weighted by molar-refractivity contribution is 5.67. The molecule has 0 saturated carbocycles. The van der Waals surface area contributed by atoms with Crippen LogP contribution in [0.5, 0.6) is 17.2 Å². The number of rotatable bonds is 5. The fourth-order valence-corrected chi connectivity index (χ4v) is 1.32. The lowest BCUT2D eigenvalue weighted by atomic mass is 10.2. The van der Waals surface area contributed by atoms with E-state index in [0.717, 1.165) is 6.07 Å². The Balaban J connectivity index is 2.53. The first-order chi connectivity index (χ1) is 10.5. The van der Waals surface area contributed by atoms with Gasteiger partial charge in [-0.2, -0.15) is 0 Å². The number of phenolic OH excluding ortho intramolecular Hbond substituents is 1. The Hall–Kier alpha value is -2.11. The lowest BCUT2D eigenvalue weighted by Crippen LogP contribution is -2.34. The summed E-state index contributed by atoms with van der Waals surface area (Å²) in [6.07, 6.45) is -0.578. The Morgan fingerprint density at radius 2 is 2.15 bits per heavy atom. The van der Waals surface area contributed by atoms with Crippen molar-refractivity contribution in [2.75, 3.05) is 20.2 Å². The summed E-state index contributed by atoms with van der Waals surface area (Å²) in [6.45, 7) is 5.47. The topological polar surface area (TPSA) is 77.0 Å². The molecule has 6 nitrogen and oxygen atoms in total. The third-order valence-corrected chi connectivity index (χ3v) is 2.07. The number of phenols is 1. The Labute approximate surface area is 122 Å². The van der Waals surface area contributed by atoms with Crippen LogP contribution in [0.15, 0.2) is 18.2 Å². The predicted molar refractivity (Wildman–Crippen MR) is 74.4 cm³/mol. The molecule has 0 aromatic heterocycles. The summed E-state index contributed by atoms with van der Waals surface area (Å²) in [5.41, 5.74) is -0.595. The molecule has 0 saturated heterocycles. The van der Waals surface area contributed by atoms with Crippen molar-refractivity contribution in [2.24, 2.45) is 0 Å². The molecule has 0 aliphatic carbocycles. The largest absolute Gasteiger partial charge is 0.508 e. The van der Waals surface area contributed by atoms with Gasteiger partial charge in [0.25, 0.3) is 0 Å². The first-order valence-electron chi connectivity index (χ1n) is 7.58. The van der Waals surface area contributed by atoms with E-state index in [4.69, 9.17) is 18.3 Å². The van der Waals surface area contributed by atoms with E-state index < -0.39 is 18.7 Å². The van der Waals surface area contributed by atoms with Crippen LogP contribution in [0, 0.1) is 0 Å². The first-order valence-corrected chi connectivity index (χ1v) is 6.08. The van der Waals surface area contributed by atoms with Crippen molar-refractivity contribution in [3.63, 3.8) is 0 Å². The molecule has 0 spiro atoms. The third-order valence-electron chi connectivity index (χ3n) is 2.07. The number of ether oxygens (including phenoxy) is 3. The number of carbonyl (C=O) groups is 1. The van der Waals surface area contributed by atoms with Gasteiger partial charge in [0.2, 0.25) is 0 Å². The summed E-state index contributed by atoms with van der Waals surface area (Å²) < 4.78 is 36.4. The van der Waals surface area contributed by atoms with E-state index in [1.807, 2.05) is 0 Å². The van der Waals surface area contributed by atoms with Gasteiger partial charge in [0, 0.05) is 6.07 Å². The van der Waals surface area contributed by atoms with E-state index in [1.54, 1.807) is 20.8 Å². The van der Waals surface area contributed by atoms with Crippen LogP contribution in [0.3, 0.4) is 0 Å². The number of nitrogens with one attached hydrogen (secondary N) is 1. The van der Waals surface area contributed by atoms with Gasteiger partial charge >= 0.3 is 6.09 Å². The van der Waals surface area contributed by atoms with Crippen molar-refractivity contribution in [1.29, 1.82) is 0 Å². The van der Waals surface area contributed by atoms with E-state index in [9.17, 15) is 9.90 Å². The van der Waals surface area contributed by atoms with Gasteiger partial charge in [0.1, 0.15) is 18.0 Å². The van der Waals surface area contributed by atoms with Gasteiger partial charge in [-0.15, -0.1) is 0 Å². The molecular weight excluding hydrogens is 262 g/mol. The van der Waals surface area contributed by atoms with Crippen LogP contribution < -0.4 is 14.8 Å². The van der Waals surface area contributed by atoms with Crippen molar-refractivity contribution in [3.05, 3.63) is 18.2 Å². The molecule has 0 bridgehead atoms. The van der Waals surface area contributed by atoms with Crippen LogP contribution >= 0.6 is 0 Å². The summed E-state index contributed by atoms with van der Waals surface area (Å²) >= 11 is 0. The lowest BCUT2D eigenvalue weighted by molar-refractivity contribution is 0.0520. The number of amides is 1. The first kappa shape index (κ1) is 11.7. The Kier molecular flexibility index (Phi) is 4.03. The molecule has 0 fully saturated rings. The van der Waals surface area contributed by atoms with Crippen molar-refractivity contribution < 1.29 is 28.2 Å². The maximum atomic E-state index is 11.4. The minimum Gasteiger partial charge on any atom is -0.508 e. The smallest absolute Gasteiger partial charge is 0.407 e. The fourth-order valence-electron chi connectivity index (χ4n) is 1.32. The van der Waals surface area contributed by atoms with Crippen LogP contribution in [0.4, 0.5) is 4.79 Å². The highest BCUT2D eigenvalue weighted by Gasteiger charge is 2.15. The predicted octanol–water partition coefficient (Wildman–Crippen LogP) is 2.30. The SMILES string of the molecule is [2H]C([2H])([2H])Oc1cc(O)ccc1OCCNC(=O)OC(C)(C)C. The zero-order valence-corrected chi connectivity index (χ0v) is 11.7. The van der Waals surface area contributed by atoms with Crippen LogP contribution in [-0.4, -0.2) is 37.0 Å². The van der Waals surface area contributed by atoms with E-state index >= 15 is 0 Å². The number of methoxy groups -OCH3 is 1. The van der Waals surface area contributed by atoms with Crippen molar-refractivity contribution in [3.8, 4) is 17.2 Å². The summed E-state index contributed by atoms with van der Waals surface area (Å²) in [5, 5.41) is 11.9. The van der Waals surface area contributed by atoms with Gasteiger partial charge in [0.15, 0.2) is 11.5 Å². The van der Waals surface area contributed by atoms with Gasteiger partial charge < -0.3 is 24.6 Å². The summed E-state index contributed by atoms with van der Waals surface area (Å²) in [7, 11) is -2.67. The minimum absolute atomic E-state index is 0.0708. The van der Waals surface area contributed by atoms with E-state index in [-0.39, 0.29) is 30.4 Å². The Bertz CT molecular complexity index is 540. The standard InChI is InChI=1S/C14H21NO5/c1-14(2,3)20-13(17)15-7-8-19-11-6-5-10(16)9-12(11)18-4/h5-6,9,16H,7-8H2,1-4H3,(H,15,17)/i4D3. The monoisotopic (exact) mass is 286 g/mol. The molecule has 1 amide bonds. The number of hydrogen-bond donors (Lipinski definition) is 2. The fraction of sp³-hybridized carbons (Fsp3) is 0.500. The molecule has 112 valence electrons. The Morgan fingerprint density at radius 1 is 1.40 bits per heavy atom. The normalized spacial score (nSPS) is 13.7. The molecule has 0 aliphatic heterocycles. The van der Waals surface area contributed by atoms with Crippen molar-refractivity contribution in [2.45, 2.75) is 26.4 Å². The second kappa shape index (κ2) is 6.88. The third kappa shape index (κ3) is 5.69. The van der Waals surface area contributed by atoms with Gasteiger partial charge in [-0.3, -0.25) is 0 Å². The molecule has 0 aliphatic rings. The number of aromatic hydroxyl groups is 1. The molecule has 6 heteroatoms. The molecular formula is C14H21NO5. The van der Waals surface area contributed by atoms with E-state index in [1.165, 1.54) is 12.1 Å². The summed E-state index contributed by atoms with van der Waals surface area (Å²) in [5.74, 6) is -0.115. The van der Waals surface area contributed by atoms with E-state index in [0.29, 0.717) is 0 Å². The second-order valence-corrected chi connectivity index (χ2v) is 5.01. The summed E-state index contributed by atoms with van der Waals surface area (Å²) in [6, 6.07) is 3.86. The highest BCUT2D eigenvalue weighted by atomic mass is 16.6. The van der Waals surface area contributed by atoms with Crippen LogP contribution in [0.1, 0.15) is 24.9 Å². The number of carbonyl (C=O) groups excluding carboxylic acids is 1. The lowest BCUT2D eigenvalue weighted by Gasteiger charge is -2.19. The Morgan fingerprint density at radius 3 is 2.80 bits per heavy atom. The number of benzene rings is 1. The van der Waals surface area contributed by atoms with Crippen LogP contribution in [0.25, 0.3) is 0 Å². The van der Waals surface area contributed by atoms with Crippen molar-refractivity contribution in [1.82, 2.24) is 5.32 Å². The molecule has 0 atom stereocenters. The average Bonchev–Trinajstić information content (AvgIpc) is 2.32. The zero-order chi connectivity index (χ0) is 17.7. The molecule has 1 rings (SSSR count). The van der Waals surface area contributed by atoms with Crippen molar-refractivity contribution >= 4 is 6.09 Å². The number of hydrogen-bond acceptors (Lipinski definition) is 5. The molecule has 20 heavy (non-hydrogen) atoms. The van der Waals surface area contributed by atoms with Gasteiger partial charge in [-0.05, 0) is 32.9 Å². The maximum absolute atomic E-state index is 11.4. The van der Waals surface area contributed by atoms with Gasteiger partial charge in [-0.1, -0.05) is 0 Å². The van der Waals surface area contributed by atoms with Gasteiger partial charge in [-0.25, -0.2) is 4.79 Å². The second-order valence-electron chi connectivity index (χ2n) is 5.01. The zero-order valence-electron chi connectivity index (χ0n) is 14.7. The molecule has 0 unspecified atom stereocenters. The highest BCUT2D eigenvalue weighted by Crippen LogP contribution is 2.30. The van der Waals surface area contributed by atoms with Gasteiger partial charge in [0.05, 0.1) is 17.7 Å². The molecule has 1 aromatic rings. The van der Waals surface area contributed by atoms with Crippen LogP contribution in [-0.2, 0) is 4.74 Å². The van der Waals surface area contributed by atoms with Crippen LogP contribution in [0.2, 0.25) is 0 Å². The average molecular weight is 286 g/mol. The molecule has 0 heterocycles. The maximum Gasteiger partial charge on any atom is 0.407 e. The quantitative estimate of drug-likeness (QED) is 0.812. The molecule has 0 radical (unpaired) electrons. The van der Waals surface area contributed by atoms with E-state index in [2.05, 4.69) is 5.32 Å². The summed E-state index contributed by atoms with van der Waals surface area (Å²) in [4.78, 5) is 11.4. The minimum atomic E-state index is -2.67. The molecule has 2 N–H and O–H groups in total.